The molecular formula is C46H54N2O4. The smallest absolute Gasteiger partial charge is 0.261 e. The Labute approximate surface area is 308 Å². The van der Waals surface area contributed by atoms with E-state index in [0.29, 0.717) is 47.9 Å². The minimum atomic E-state index is -0.215. The van der Waals surface area contributed by atoms with Crippen LogP contribution in [0.4, 0.5) is 0 Å². The number of hydrogen-bond acceptors (Lipinski definition) is 4. The Balaban J connectivity index is 1.61. The van der Waals surface area contributed by atoms with Gasteiger partial charge in [0, 0.05) is 45.1 Å². The van der Waals surface area contributed by atoms with Crippen molar-refractivity contribution in [3.05, 3.63) is 69.8 Å². The van der Waals surface area contributed by atoms with Gasteiger partial charge in [-0.05, 0) is 119 Å². The minimum absolute atomic E-state index is 0.162. The van der Waals surface area contributed by atoms with Crippen LogP contribution in [0, 0.1) is 0 Å². The molecule has 0 saturated heterocycles. The summed E-state index contributed by atoms with van der Waals surface area (Å²) in [5.74, 6) is -0.822. The molecule has 0 spiro atoms. The third kappa shape index (κ3) is 5.42. The summed E-state index contributed by atoms with van der Waals surface area (Å²) >= 11 is 0. The lowest BCUT2D eigenvalue weighted by Crippen LogP contribution is -2.46. The van der Waals surface area contributed by atoms with Crippen molar-refractivity contribution in [2.24, 2.45) is 0 Å². The van der Waals surface area contributed by atoms with Crippen LogP contribution in [0.1, 0.15) is 171 Å². The van der Waals surface area contributed by atoms with Crippen molar-refractivity contribution >= 4 is 66.7 Å². The molecule has 0 fully saturated rings. The fourth-order valence-electron chi connectivity index (χ4n) is 9.52. The highest BCUT2D eigenvalue weighted by molar-refractivity contribution is 6.42. The number of carbonyl (C=O) groups excluding carboxylic acids is 4. The second-order valence-corrected chi connectivity index (χ2v) is 15.3. The van der Waals surface area contributed by atoms with Gasteiger partial charge in [-0.3, -0.25) is 29.0 Å². The van der Waals surface area contributed by atoms with Crippen LogP contribution in [0.5, 0.6) is 0 Å². The van der Waals surface area contributed by atoms with Crippen LogP contribution in [0.2, 0.25) is 0 Å². The molecule has 2 aliphatic heterocycles. The zero-order chi connectivity index (χ0) is 36.8. The SMILES string of the molecule is CCCCCCc1cc2c3c(ccc4c5c(CCCCCC)cc6c7c(ccc(c1c34)c75)C(=O)N(C(CC)CC)C6=O)C(=O)N(C(CC)CC)C2=O. The number of imide groups is 2. The molecule has 0 bridgehead atoms. The molecule has 7 rings (SSSR count). The second-order valence-electron chi connectivity index (χ2n) is 15.3. The van der Waals surface area contributed by atoms with Crippen molar-refractivity contribution in [2.75, 3.05) is 0 Å². The van der Waals surface area contributed by atoms with E-state index in [-0.39, 0.29) is 35.7 Å². The number of carbonyl (C=O) groups is 4. The Morgan fingerprint density at radius 3 is 1.13 bits per heavy atom. The number of benzene rings is 5. The molecule has 0 atom stereocenters. The van der Waals surface area contributed by atoms with Gasteiger partial charge in [-0.15, -0.1) is 0 Å². The van der Waals surface area contributed by atoms with E-state index in [1.54, 1.807) is 0 Å². The predicted octanol–water partition coefficient (Wildman–Crippen LogP) is 11.6. The first kappa shape index (κ1) is 36.1. The van der Waals surface area contributed by atoms with E-state index in [1.807, 2.05) is 39.8 Å². The molecule has 5 aromatic carbocycles. The van der Waals surface area contributed by atoms with Gasteiger partial charge in [-0.25, -0.2) is 0 Å². The maximum absolute atomic E-state index is 14.5. The molecule has 2 aliphatic rings. The first-order chi connectivity index (χ1) is 25.3. The van der Waals surface area contributed by atoms with Crippen molar-refractivity contribution in [2.45, 2.75) is 144 Å². The van der Waals surface area contributed by atoms with Gasteiger partial charge < -0.3 is 0 Å². The van der Waals surface area contributed by atoms with Crippen LogP contribution in [0.15, 0.2) is 36.4 Å². The molecular weight excluding hydrogens is 645 g/mol. The standard InChI is InChI=1S/C46H54N2O4/c1-7-13-15-17-19-27-25-35-39-33(43(49)47(45(35)51)29(9-3)10-4)24-22-32-38-28(20-18-16-14-8-2)26-36-40-34(23-21-31(42(38)40)37(27)41(32)39)44(50)48(46(36)52)30(11-5)12-6/h21-26,29-30H,7-20H2,1-6H3. The molecule has 272 valence electrons. The first-order valence-corrected chi connectivity index (χ1v) is 20.3. The number of rotatable bonds is 16. The third-order valence-electron chi connectivity index (χ3n) is 12.3. The van der Waals surface area contributed by atoms with Crippen molar-refractivity contribution in [1.29, 1.82) is 0 Å². The van der Waals surface area contributed by atoms with Crippen LogP contribution < -0.4 is 0 Å². The minimum Gasteiger partial charge on any atom is -0.271 e. The molecule has 6 heteroatoms. The molecule has 0 unspecified atom stereocenters. The van der Waals surface area contributed by atoms with Gasteiger partial charge in [-0.1, -0.05) is 92.2 Å². The zero-order valence-corrected chi connectivity index (χ0v) is 32.0. The Bertz CT molecular complexity index is 2070. The monoisotopic (exact) mass is 698 g/mol. The summed E-state index contributed by atoms with van der Waals surface area (Å²) in [5.41, 5.74) is 4.63. The quantitative estimate of drug-likeness (QED) is 0.0445. The highest BCUT2D eigenvalue weighted by atomic mass is 16.2. The fraction of sp³-hybridized carbons (Fsp3) is 0.478. The van der Waals surface area contributed by atoms with E-state index in [0.717, 1.165) is 118 Å². The lowest BCUT2D eigenvalue weighted by molar-refractivity contribution is 0.0514. The first-order valence-electron chi connectivity index (χ1n) is 20.3. The molecule has 6 nitrogen and oxygen atoms in total. The predicted molar refractivity (Wildman–Crippen MR) is 213 cm³/mol. The molecule has 0 aliphatic carbocycles. The summed E-state index contributed by atoms with van der Waals surface area (Å²) in [6.45, 7) is 12.6. The molecule has 0 N–H and O–H groups in total. The van der Waals surface area contributed by atoms with Crippen LogP contribution >= 0.6 is 0 Å². The van der Waals surface area contributed by atoms with E-state index < -0.39 is 0 Å². The van der Waals surface area contributed by atoms with E-state index in [2.05, 4.69) is 38.1 Å². The molecule has 52 heavy (non-hydrogen) atoms. The van der Waals surface area contributed by atoms with Gasteiger partial charge in [0.1, 0.15) is 0 Å². The van der Waals surface area contributed by atoms with Crippen molar-refractivity contribution in [3.63, 3.8) is 0 Å². The maximum atomic E-state index is 14.5. The molecule has 0 saturated carbocycles. The van der Waals surface area contributed by atoms with Crippen molar-refractivity contribution in [1.82, 2.24) is 9.80 Å². The number of hydrogen-bond donors (Lipinski definition) is 0. The third-order valence-corrected chi connectivity index (χ3v) is 12.3. The molecule has 4 amide bonds. The van der Waals surface area contributed by atoms with E-state index in [4.69, 9.17) is 0 Å². The van der Waals surface area contributed by atoms with Gasteiger partial charge in [-0.2, -0.15) is 0 Å². The van der Waals surface area contributed by atoms with Crippen LogP contribution in [-0.2, 0) is 12.8 Å². The molecule has 0 aromatic heterocycles. The number of nitrogens with zero attached hydrogens (tertiary/aromatic N) is 2. The zero-order valence-electron chi connectivity index (χ0n) is 32.0. The van der Waals surface area contributed by atoms with E-state index in [9.17, 15) is 19.2 Å². The second kappa shape index (κ2) is 14.6. The largest absolute Gasteiger partial charge is 0.271 e. The van der Waals surface area contributed by atoms with Gasteiger partial charge in [0.15, 0.2) is 0 Å². The topological polar surface area (TPSA) is 74.8 Å². The number of aryl methyl sites for hydroxylation is 2. The van der Waals surface area contributed by atoms with Crippen LogP contribution in [0.25, 0.3) is 43.1 Å². The summed E-state index contributed by atoms with van der Waals surface area (Å²) in [4.78, 5) is 60.7. The normalized spacial score (nSPS) is 14.7. The summed E-state index contributed by atoms with van der Waals surface area (Å²) in [7, 11) is 0. The lowest BCUT2D eigenvalue weighted by Gasteiger charge is -2.35. The number of fused-ring (bicyclic) bond motifs is 2. The number of amides is 4. The summed E-state index contributed by atoms with van der Waals surface area (Å²) < 4.78 is 0. The van der Waals surface area contributed by atoms with Gasteiger partial charge in [0.05, 0.1) is 0 Å². The van der Waals surface area contributed by atoms with Gasteiger partial charge >= 0.3 is 0 Å². The van der Waals surface area contributed by atoms with Crippen molar-refractivity contribution < 1.29 is 19.2 Å². The van der Waals surface area contributed by atoms with Crippen LogP contribution in [0.3, 0.4) is 0 Å². The van der Waals surface area contributed by atoms with E-state index >= 15 is 0 Å². The van der Waals surface area contributed by atoms with Gasteiger partial charge in [0.2, 0.25) is 0 Å². The summed E-state index contributed by atoms with van der Waals surface area (Å²) in [6, 6.07) is 11.9. The molecule has 2 heterocycles. The Morgan fingerprint density at radius 1 is 0.423 bits per heavy atom. The summed E-state index contributed by atoms with van der Waals surface area (Å²) in [5, 5.41) is 7.58. The average molecular weight is 699 g/mol. The lowest BCUT2D eigenvalue weighted by atomic mass is 9.78. The average Bonchev–Trinajstić information content (AvgIpc) is 3.16. The van der Waals surface area contributed by atoms with Crippen LogP contribution in [-0.4, -0.2) is 45.5 Å². The summed E-state index contributed by atoms with van der Waals surface area (Å²) in [6.07, 6.45) is 13.1. The highest BCUT2D eigenvalue weighted by Gasteiger charge is 2.40. The van der Waals surface area contributed by atoms with Gasteiger partial charge in [0.25, 0.3) is 23.6 Å². The Kier molecular flexibility index (Phi) is 10.1. The number of unbranched alkanes of at least 4 members (excludes halogenated alkanes) is 6. The fourth-order valence-corrected chi connectivity index (χ4v) is 9.52. The maximum Gasteiger partial charge on any atom is 0.261 e. The van der Waals surface area contributed by atoms with Crippen molar-refractivity contribution in [3.8, 4) is 0 Å². The van der Waals surface area contributed by atoms with E-state index in [1.165, 1.54) is 9.80 Å². The molecule has 0 radical (unpaired) electrons. The Hall–Kier alpha value is -4.32. The highest BCUT2D eigenvalue weighted by Crippen LogP contribution is 2.49. The molecule has 5 aromatic rings. The Morgan fingerprint density at radius 2 is 0.788 bits per heavy atom.